The maximum absolute atomic E-state index is 12.7. The molecule has 1 saturated carbocycles. The van der Waals surface area contributed by atoms with Gasteiger partial charge in [0.15, 0.2) is 0 Å². The molecule has 1 atom stereocenters. The van der Waals surface area contributed by atoms with Gasteiger partial charge in [0.2, 0.25) is 5.91 Å². The molecule has 1 aliphatic rings. The van der Waals surface area contributed by atoms with Crippen molar-refractivity contribution in [2.75, 3.05) is 0 Å². The van der Waals surface area contributed by atoms with Crippen LogP contribution in [0.4, 0.5) is 13.2 Å². The van der Waals surface area contributed by atoms with Gasteiger partial charge in [-0.3, -0.25) is 4.79 Å². The Labute approximate surface area is 138 Å². The second-order valence-electron chi connectivity index (χ2n) is 6.39. The zero-order valence-electron chi connectivity index (χ0n) is 13.3. The average molecular weight is 343 g/mol. The molecule has 0 heterocycles. The van der Waals surface area contributed by atoms with Crippen LogP contribution >= 0.6 is 0 Å². The van der Waals surface area contributed by atoms with Crippen LogP contribution in [0.3, 0.4) is 0 Å². The van der Waals surface area contributed by atoms with E-state index < -0.39 is 35.1 Å². The van der Waals surface area contributed by atoms with E-state index in [1.54, 1.807) is 6.92 Å². The lowest BCUT2D eigenvalue weighted by atomic mass is 9.94. The Bertz CT molecular complexity index is 622. The molecule has 0 aliphatic heterocycles. The summed E-state index contributed by atoms with van der Waals surface area (Å²) in [5.41, 5.74) is -1.60. The molecular weight excluding hydrogens is 323 g/mol. The molecule has 1 amide bonds. The minimum atomic E-state index is -4.43. The quantitative estimate of drug-likeness (QED) is 0.861. The molecule has 2 rings (SSSR count). The SMILES string of the molecule is CC(Cc1cccc(C(F)(F)F)c1)C(=O)NC1(C(=O)O)CCCC1. The van der Waals surface area contributed by atoms with E-state index in [1.807, 2.05) is 0 Å². The summed E-state index contributed by atoms with van der Waals surface area (Å²) in [4.78, 5) is 23.8. The number of alkyl halides is 3. The van der Waals surface area contributed by atoms with Gasteiger partial charge < -0.3 is 10.4 Å². The fraction of sp³-hybridized carbons (Fsp3) is 0.529. The summed E-state index contributed by atoms with van der Waals surface area (Å²) in [5, 5.41) is 12.0. The molecule has 1 aliphatic carbocycles. The minimum Gasteiger partial charge on any atom is -0.480 e. The standard InChI is InChI=1S/C17H20F3NO3/c1-11(9-12-5-4-6-13(10-12)17(18,19)20)14(22)21-16(15(23)24)7-2-3-8-16/h4-6,10-11H,2-3,7-9H2,1H3,(H,21,22)(H,23,24). The fourth-order valence-corrected chi connectivity index (χ4v) is 3.05. The summed E-state index contributed by atoms with van der Waals surface area (Å²) >= 11 is 0. The van der Waals surface area contributed by atoms with Gasteiger partial charge in [-0.15, -0.1) is 0 Å². The molecule has 2 N–H and O–H groups in total. The zero-order chi connectivity index (χ0) is 18.0. The maximum atomic E-state index is 12.7. The highest BCUT2D eigenvalue weighted by Gasteiger charge is 2.43. The Balaban J connectivity index is 2.05. The second-order valence-corrected chi connectivity index (χ2v) is 6.39. The number of nitrogens with one attached hydrogen (secondary N) is 1. The van der Waals surface area contributed by atoms with Crippen LogP contribution < -0.4 is 5.32 Å². The molecule has 1 fully saturated rings. The third-order valence-corrected chi connectivity index (χ3v) is 4.47. The summed E-state index contributed by atoms with van der Waals surface area (Å²) in [5.74, 6) is -2.12. The van der Waals surface area contributed by atoms with Gasteiger partial charge in [0.1, 0.15) is 5.54 Å². The lowest BCUT2D eigenvalue weighted by Crippen LogP contribution is -2.54. The van der Waals surface area contributed by atoms with E-state index in [0.717, 1.165) is 25.0 Å². The molecule has 7 heteroatoms. The normalized spacial score (nSPS) is 18.2. The summed E-state index contributed by atoms with van der Waals surface area (Å²) in [6.07, 6.45) is -2.10. The van der Waals surface area contributed by atoms with Crippen molar-refractivity contribution >= 4 is 11.9 Å². The lowest BCUT2D eigenvalue weighted by molar-refractivity contribution is -0.148. The number of hydrogen-bond acceptors (Lipinski definition) is 2. The highest BCUT2D eigenvalue weighted by Crippen LogP contribution is 2.31. The minimum absolute atomic E-state index is 0.117. The smallest absolute Gasteiger partial charge is 0.416 e. The summed E-state index contributed by atoms with van der Waals surface area (Å²) in [6, 6.07) is 4.83. The zero-order valence-corrected chi connectivity index (χ0v) is 13.3. The first kappa shape index (κ1) is 18.3. The molecule has 132 valence electrons. The number of amides is 1. The summed E-state index contributed by atoms with van der Waals surface area (Å²) in [6.45, 7) is 1.58. The van der Waals surface area contributed by atoms with Gasteiger partial charge in [-0.2, -0.15) is 13.2 Å². The van der Waals surface area contributed by atoms with Gasteiger partial charge in [0.05, 0.1) is 5.56 Å². The van der Waals surface area contributed by atoms with E-state index in [4.69, 9.17) is 0 Å². The number of carboxylic acid groups (broad SMARTS) is 1. The largest absolute Gasteiger partial charge is 0.480 e. The highest BCUT2D eigenvalue weighted by atomic mass is 19.4. The molecule has 1 unspecified atom stereocenters. The molecule has 0 radical (unpaired) electrons. The third kappa shape index (κ3) is 4.07. The predicted octanol–water partition coefficient (Wildman–Crippen LogP) is 3.40. The van der Waals surface area contributed by atoms with E-state index >= 15 is 0 Å². The van der Waals surface area contributed by atoms with E-state index in [-0.39, 0.29) is 6.42 Å². The number of halogens is 3. The monoisotopic (exact) mass is 343 g/mol. The molecule has 24 heavy (non-hydrogen) atoms. The Morgan fingerprint density at radius 3 is 2.46 bits per heavy atom. The summed E-state index contributed by atoms with van der Waals surface area (Å²) < 4.78 is 38.2. The molecule has 0 aromatic heterocycles. The predicted molar refractivity (Wildman–Crippen MR) is 81.3 cm³/mol. The first-order valence-electron chi connectivity index (χ1n) is 7.86. The Morgan fingerprint density at radius 1 is 1.29 bits per heavy atom. The number of carbonyl (C=O) groups excluding carboxylic acids is 1. The highest BCUT2D eigenvalue weighted by molar-refractivity contribution is 5.88. The number of aliphatic carboxylic acids is 1. The Kier molecular flexibility index (Phi) is 5.20. The Morgan fingerprint density at radius 2 is 1.92 bits per heavy atom. The molecule has 1 aromatic carbocycles. The van der Waals surface area contributed by atoms with E-state index in [1.165, 1.54) is 12.1 Å². The molecule has 1 aromatic rings. The van der Waals surface area contributed by atoms with E-state index in [9.17, 15) is 27.9 Å². The molecule has 0 spiro atoms. The van der Waals surface area contributed by atoms with Crippen LogP contribution in [0.25, 0.3) is 0 Å². The van der Waals surface area contributed by atoms with Gasteiger partial charge in [0.25, 0.3) is 0 Å². The van der Waals surface area contributed by atoms with Crippen molar-refractivity contribution in [3.05, 3.63) is 35.4 Å². The maximum Gasteiger partial charge on any atom is 0.416 e. The van der Waals surface area contributed by atoms with Crippen LogP contribution in [-0.4, -0.2) is 22.5 Å². The van der Waals surface area contributed by atoms with Gasteiger partial charge in [-0.25, -0.2) is 4.79 Å². The van der Waals surface area contributed by atoms with Crippen molar-refractivity contribution in [2.45, 2.75) is 50.7 Å². The molecule has 0 saturated heterocycles. The number of rotatable bonds is 5. The van der Waals surface area contributed by atoms with Crippen LogP contribution in [0.15, 0.2) is 24.3 Å². The summed E-state index contributed by atoms with van der Waals surface area (Å²) in [7, 11) is 0. The van der Waals surface area contributed by atoms with Crippen LogP contribution in [0, 0.1) is 5.92 Å². The van der Waals surface area contributed by atoms with Crippen LogP contribution in [-0.2, 0) is 22.2 Å². The first-order chi connectivity index (χ1) is 11.1. The van der Waals surface area contributed by atoms with Crippen molar-refractivity contribution < 1.29 is 27.9 Å². The van der Waals surface area contributed by atoms with E-state index in [0.29, 0.717) is 18.4 Å². The first-order valence-corrected chi connectivity index (χ1v) is 7.86. The van der Waals surface area contributed by atoms with Crippen molar-refractivity contribution in [1.82, 2.24) is 5.32 Å². The van der Waals surface area contributed by atoms with Crippen molar-refractivity contribution in [1.29, 1.82) is 0 Å². The van der Waals surface area contributed by atoms with Crippen LogP contribution in [0.2, 0.25) is 0 Å². The van der Waals surface area contributed by atoms with Gasteiger partial charge in [-0.1, -0.05) is 38.0 Å². The number of hydrogen-bond donors (Lipinski definition) is 2. The average Bonchev–Trinajstić information content (AvgIpc) is 2.96. The van der Waals surface area contributed by atoms with Gasteiger partial charge in [-0.05, 0) is 30.9 Å². The number of carbonyl (C=O) groups is 2. The number of carboxylic acids is 1. The molecule has 4 nitrogen and oxygen atoms in total. The lowest BCUT2D eigenvalue weighted by Gasteiger charge is -2.27. The third-order valence-electron chi connectivity index (χ3n) is 4.47. The van der Waals surface area contributed by atoms with Crippen molar-refractivity contribution in [3.63, 3.8) is 0 Å². The van der Waals surface area contributed by atoms with Crippen LogP contribution in [0.5, 0.6) is 0 Å². The second kappa shape index (κ2) is 6.83. The fourth-order valence-electron chi connectivity index (χ4n) is 3.05. The van der Waals surface area contributed by atoms with Gasteiger partial charge >= 0.3 is 12.1 Å². The Hall–Kier alpha value is -2.05. The van der Waals surface area contributed by atoms with Crippen LogP contribution in [0.1, 0.15) is 43.7 Å². The van der Waals surface area contributed by atoms with Crippen molar-refractivity contribution in [2.24, 2.45) is 5.92 Å². The molecule has 0 bridgehead atoms. The van der Waals surface area contributed by atoms with Gasteiger partial charge in [0, 0.05) is 5.92 Å². The topological polar surface area (TPSA) is 66.4 Å². The van der Waals surface area contributed by atoms with E-state index in [2.05, 4.69) is 5.32 Å². The van der Waals surface area contributed by atoms with Crippen molar-refractivity contribution in [3.8, 4) is 0 Å². The number of benzene rings is 1. The molecular formula is C17H20F3NO3.